The number of piperazine rings is 1. The van der Waals surface area contributed by atoms with Gasteiger partial charge in [0.05, 0.1) is 6.10 Å². The average Bonchev–Trinajstić information content (AvgIpc) is 3.13. The smallest absolute Gasteiger partial charge is 0.222 e. The summed E-state index contributed by atoms with van der Waals surface area (Å²) in [7, 11) is 0. The summed E-state index contributed by atoms with van der Waals surface area (Å²) in [6.07, 6.45) is 7.82. The van der Waals surface area contributed by atoms with Gasteiger partial charge in [-0.2, -0.15) is 0 Å². The SMILES string of the molecule is C[C@@H](c1cccnc1)N1CCN(C(=O)CC[C@@H]2CCCO2)CC1. The van der Waals surface area contributed by atoms with Gasteiger partial charge in [0.2, 0.25) is 5.91 Å². The van der Waals surface area contributed by atoms with Crippen LogP contribution in [0.3, 0.4) is 0 Å². The zero-order chi connectivity index (χ0) is 16.1. The summed E-state index contributed by atoms with van der Waals surface area (Å²) in [5, 5.41) is 0. The van der Waals surface area contributed by atoms with Crippen molar-refractivity contribution < 1.29 is 9.53 Å². The van der Waals surface area contributed by atoms with E-state index >= 15 is 0 Å². The predicted octanol–water partition coefficient (Wildman–Crippen LogP) is 2.25. The number of hydrogen-bond donors (Lipinski definition) is 0. The Morgan fingerprint density at radius 2 is 2.22 bits per heavy atom. The normalized spacial score (nSPS) is 23.9. The first-order chi connectivity index (χ1) is 11.2. The fraction of sp³-hybridized carbons (Fsp3) is 0.667. The number of aromatic nitrogens is 1. The van der Waals surface area contributed by atoms with Crippen LogP contribution in [0.2, 0.25) is 0 Å². The lowest BCUT2D eigenvalue weighted by molar-refractivity contribution is -0.133. The van der Waals surface area contributed by atoms with E-state index in [1.807, 2.05) is 17.2 Å². The van der Waals surface area contributed by atoms with Crippen LogP contribution in [0.4, 0.5) is 0 Å². The third-order valence-electron chi connectivity index (χ3n) is 5.09. The zero-order valence-electron chi connectivity index (χ0n) is 14.0. The van der Waals surface area contributed by atoms with Crippen molar-refractivity contribution >= 4 is 5.91 Å². The van der Waals surface area contributed by atoms with E-state index in [1.165, 1.54) is 5.56 Å². The Bertz CT molecular complexity index is 494. The number of hydrogen-bond acceptors (Lipinski definition) is 4. The van der Waals surface area contributed by atoms with E-state index in [4.69, 9.17) is 4.74 Å². The van der Waals surface area contributed by atoms with Gasteiger partial charge in [0.25, 0.3) is 0 Å². The highest BCUT2D eigenvalue weighted by Gasteiger charge is 2.25. The summed E-state index contributed by atoms with van der Waals surface area (Å²) in [6, 6.07) is 4.46. The van der Waals surface area contributed by atoms with Gasteiger partial charge in [0, 0.05) is 57.6 Å². The molecule has 0 N–H and O–H groups in total. The van der Waals surface area contributed by atoms with Gasteiger partial charge < -0.3 is 9.64 Å². The number of nitrogens with zero attached hydrogens (tertiary/aromatic N) is 3. The van der Waals surface area contributed by atoms with Crippen molar-refractivity contribution in [3.05, 3.63) is 30.1 Å². The predicted molar refractivity (Wildman–Crippen MR) is 89.0 cm³/mol. The van der Waals surface area contributed by atoms with Crippen molar-refractivity contribution in [3.8, 4) is 0 Å². The number of pyridine rings is 1. The Morgan fingerprint density at radius 1 is 1.39 bits per heavy atom. The van der Waals surface area contributed by atoms with E-state index in [2.05, 4.69) is 22.9 Å². The molecule has 0 spiro atoms. The Morgan fingerprint density at radius 3 is 2.87 bits per heavy atom. The molecule has 2 saturated heterocycles. The second-order valence-corrected chi connectivity index (χ2v) is 6.55. The molecule has 0 aromatic carbocycles. The van der Waals surface area contributed by atoms with Gasteiger partial charge in [0.1, 0.15) is 0 Å². The van der Waals surface area contributed by atoms with Crippen molar-refractivity contribution in [3.63, 3.8) is 0 Å². The van der Waals surface area contributed by atoms with Crippen molar-refractivity contribution in [1.82, 2.24) is 14.8 Å². The van der Waals surface area contributed by atoms with Crippen LogP contribution in [0.25, 0.3) is 0 Å². The molecule has 0 radical (unpaired) electrons. The van der Waals surface area contributed by atoms with Gasteiger partial charge in [0.15, 0.2) is 0 Å². The second kappa shape index (κ2) is 7.88. The van der Waals surface area contributed by atoms with Crippen LogP contribution in [0, 0.1) is 0 Å². The van der Waals surface area contributed by atoms with Crippen LogP contribution in [0.1, 0.15) is 44.2 Å². The van der Waals surface area contributed by atoms with E-state index in [0.717, 1.165) is 52.0 Å². The Balaban J connectivity index is 1.43. The van der Waals surface area contributed by atoms with Crippen LogP contribution >= 0.6 is 0 Å². The highest BCUT2D eigenvalue weighted by atomic mass is 16.5. The molecule has 2 atom stereocenters. The minimum absolute atomic E-state index is 0.286. The molecule has 3 rings (SSSR count). The van der Waals surface area contributed by atoms with Gasteiger partial charge in [-0.05, 0) is 37.8 Å². The largest absolute Gasteiger partial charge is 0.378 e. The third kappa shape index (κ3) is 4.30. The van der Waals surface area contributed by atoms with Gasteiger partial charge in [-0.3, -0.25) is 14.7 Å². The highest BCUT2D eigenvalue weighted by Crippen LogP contribution is 2.22. The molecule has 2 aliphatic heterocycles. The molecule has 5 nitrogen and oxygen atoms in total. The molecule has 5 heteroatoms. The molecule has 2 aliphatic rings. The molecule has 0 aliphatic carbocycles. The first-order valence-corrected chi connectivity index (χ1v) is 8.77. The standard InChI is InChI=1S/C18H27N3O2/c1-15(16-4-2-8-19-14-16)20-9-11-21(12-10-20)18(22)7-6-17-5-3-13-23-17/h2,4,8,14-15,17H,3,5-7,9-13H2,1H3/t15-,17-/m0/s1. The first-order valence-electron chi connectivity index (χ1n) is 8.77. The van der Waals surface area contributed by atoms with Crippen LogP contribution in [0.15, 0.2) is 24.5 Å². The van der Waals surface area contributed by atoms with Gasteiger partial charge in [-0.15, -0.1) is 0 Å². The summed E-state index contributed by atoms with van der Waals surface area (Å²) in [5.41, 5.74) is 1.24. The minimum atomic E-state index is 0.286. The first kappa shape index (κ1) is 16.4. The summed E-state index contributed by atoms with van der Waals surface area (Å²) in [5.74, 6) is 0.286. The molecular formula is C18H27N3O2. The Hall–Kier alpha value is -1.46. The maximum Gasteiger partial charge on any atom is 0.222 e. The monoisotopic (exact) mass is 317 g/mol. The van der Waals surface area contributed by atoms with Crippen LogP contribution in [-0.4, -0.2) is 59.6 Å². The molecule has 0 bridgehead atoms. The second-order valence-electron chi connectivity index (χ2n) is 6.55. The number of ether oxygens (including phenoxy) is 1. The summed E-state index contributed by atoms with van der Waals surface area (Å²) in [4.78, 5) is 21.0. The van der Waals surface area contributed by atoms with Crippen molar-refractivity contribution in [2.24, 2.45) is 0 Å². The molecule has 0 saturated carbocycles. The molecule has 3 heterocycles. The highest BCUT2D eigenvalue weighted by molar-refractivity contribution is 5.76. The maximum atomic E-state index is 12.3. The average molecular weight is 317 g/mol. The van der Waals surface area contributed by atoms with Crippen LogP contribution in [-0.2, 0) is 9.53 Å². The summed E-state index contributed by atoms with van der Waals surface area (Å²) < 4.78 is 5.60. The van der Waals surface area contributed by atoms with Gasteiger partial charge >= 0.3 is 0 Å². The minimum Gasteiger partial charge on any atom is -0.378 e. The van der Waals surface area contributed by atoms with E-state index in [1.54, 1.807) is 6.20 Å². The molecule has 126 valence electrons. The molecule has 1 amide bonds. The zero-order valence-corrected chi connectivity index (χ0v) is 14.0. The van der Waals surface area contributed by atoms with Gasteiger partial charge in [-0.1, -0.05) is 6.07 Å². The lowest BCUT2D eigenvalue weighted by atomic mass is 10.1. The molecule has 0 unspecified atom stereocenters. The quantitative estimate of drug-likeness (QED) is 0.835. The fourth-order valence-electron chi connectivity index (χ4n) is 3.51. The summed E-state index contributed by atoms with van der Waals surface area (Å²) in [6.45, 7) is 6.60. The van der Waals surface area contributed by atoms with Crippen molar-refractivity contribution in [2.45, 2.75) is 44.8 Å². The number of rotatable bonds is 5. The number of amides is 1. The summed E-state index contributed by atoms with van der Waals surface area (Å²) >= 11 is 0. The fourth-order valence-corrected chi connectivity index (χ4v) is 3.51. The number of carbonyl (C=O) groups is 1. The maximum absolute atomic E-state index is 12.3. The molecule has 1 aromatic heterocycles. The molecular weight excluding hydrogens is 290 g/mol. The Kier molecular flexibility index (Phi) is 5.62. The Labute approximate surface area is 138 Å². The van der Waals surface area contributed by atoms with Crippen LogP contribution < -0.4 is 0 Å². The molecule has 1 aromatic rings. The number of carbonyl (C=O) groups excluding carboxylic acids is 1. The van der Waals surface area contributed by atoms with E-state index in [-0.39, 0.29) is 5.91 Å². The lowest BCUT2D eigenvalue weighted by Gasteiger charge is -2.38. The molecule has 23 heavy (non-hydrogen) atoms. The lowest BCUT2D eigenvalue weighted by Crippen LogP contribution is -2.49. The van der Waals surface area contributed by atoms with Crippen molar-refractivity contribution in [2.75, 3.05) is 32.8 Å². The van der Waals surface area contributed by atoms with E-state index in [0.29, 0.717) is 18.6 Å². The van der Waals surface area contributed by atoms with E-state index < -0.39 is 0 Å². The van der Waals surface area contributed by atoms with Crippen LogP contribution in [0.5, 0.6) is 0 Å². The van der Waals surface area contributed by atoms with Gasteiger partial charge in [-0.25, -0.2) is 0 Å². The molecule has 2 fully saturated rings. The van der Waals surface area contributed by atoms with E-state index in [9.17, 15) is 4.79 Å². The third-order valence-corrected chi connectivity index (χ3v) is 5.09. The van der Waals surface area contributed by atoms with Crippen molar-refractivity contribution in [1.29, 1.82) is 0 Å². The topological polar surface area (TPSA) is 45.7 Å².